The zero-order chi connectivity index (χ0) is 23.3. The van der Waals surface area contributed by atoms with E-state index in [1.165, 1.54) is 0 Å². The maximum absolute atomic E-state index is 13.4. The van der Waals surface area contributed by atoms with Gasteiger partial charge in [0.25, 0.3) is 5.91 Å². The minimum atomic E-state index is -3.57. The van der Waals surface area contributed by atoms with Crippen LogP contribution in [0.4, 0.5) is 0 Å². The van der Waals surface area contributed by atoms with Gasteiger partial charge in [-0.3, -0.25) is 9.59 Å². The highest BCUT2D eigenvalue weighted by Gasteiger charge is 2.43. The zero-order valence-corrected chi connectivity index (χ0v) is 18.7. The van der Waals surface area contributed by atoms with E-state index in [0.717, 1.165) is 22.3 Å². The first-order valence-electron chi connectivity index (χ1n) is 10.3. The molecule has 0 atom stereocenters. The van der Waals surface area contributed by atoms with Crippen LogP contribution in [0.25, 0.3) is 5.57 Å². The molecule has 0 spiro atoms. The molecular formula is C24H23N3O4S. The lowest BCUT2D eigenvalue weighted by atomic mass is 9.68. The lowest BCUT2D eigenvalue weighted by Crippen LogP contribution is -2.31. The van der Waals surface area contributed by atoms with E-state index in [-0.39, 0.29) is 30.4 Å². The van der Waals surface area contributed by atoms with Crippen LogP contribution in [0, 0.1) is 11.3 Å². The van der Waals surface area contributed by atoms with Crippen LogP contribution >= 0.6 is 0 Å². The van der Waals surface area contributed by atoms with Crippen LogP contribution in [0.15, 0.2) is 42.0 Å². The second-order valence-electron chi connectivity index (χ2n) is 8.70. The van der Waals surface area contributed by atoms with Gasteiger partial charge in [-0.05, 0) is 65.4 Å². The van der Waals surface area contributed by atoms with Crippen molar-refractivity contribution in [3.63, 3.8) is 0 Å². The van der Waals surface area contributed by atoms with Gasteiger partial charge in [0.2, 0.25) is 10.0 Å². The fourth-order valence-electron chi connectivity index (χ4n) is 4.56. The molecule has 0 bridgehead atoms. The van der Waals surface area contributed by atoms with Crippen molar-refractivity contribution < 1.29 is 18.0 Å². The van der Waals surface area contributed by atoms with Gasteiger partial charge >= 0.3 is 0 Å². The van der Waals surface area contributed by atoms with E-state index >= 15 is 0 Å². The molecule has 0 aromatic heterocycles. The summed E-state index contributed by atoms with van der Waals surface area (Å²) in [6, 6.07) is 12.6. The molecule has 0 aliphatic heterocycles. The standard InChI is InChI=1S/C24H23N3O4S/c1-24(2)19-11-15(23(29)27-8-3-9-32(26,30)31)5-7-18(19)22(28)21-17-6-4-14(13-25)10-16(17)12-20(21)24/h4-7,10-11H,3,8-9,12H2,1-2H3,(H,27,29)(H2,26,30,31). The van der Waals surface area contributed by atoms with Crippen molar-refractivity contribution in [3.05, 3.63) is 75.4 Å². The van der Waals surface area contributed by atoms with Crippen molar-refractivity contribution >= 4 is 27.3 Å². The van der Waals surface area contributed by atoms with E-state index in [9.17, 15) is 23.3 Å². The molecule has 2 aliphatic carbocycles. The molecule has 8 heteroatoms. The molecule has 32 heavy (non-hydrogen) atoms. The van der Waals surface area contributed by atoms with Crippen LogP contribution in [-0.2, 0) is 21.9 Å². The highest BCUT2D eigenvalue weighted by Crippen LogP contribution is 2.49. The molecule has 4 rings (SSSR count). The number of primary sulfonamides is 1. The molecule has 1 amide bonds. The highest BCUT2D eigenvalue weighted by molar-refractivity contribution is 7.89. The number of carbonyl (C=O) groups excluding carboxylic acids is 2. The first-order valence-corrected chi connectivity index (χ1v) is 12.0. The maximum Gasteiger partial charge on any atom is 0.251 e. The minimum absolute atomic E-state index is 0.0714. The summed E-state index contributed by atoms with van der Waals surface area (Å²) in [7, 11) is -3.57. The Morgan fingerprint density at radius 3 is 2.59 bits per heavy atom. The Labute approximate surface area is 187 Å². The van der Waals surface area contributed by atoms with Gasteiger partial charge in [0.1, 0.15) is 0 Å². The van der Waals surface area contributed by atoms with Gasteiger partial charge in [-0.1, -0.05) is 19.9 Å². The molecule has 2 aromatic carbocycles. The summed E-state index contributed by atoms with van der Waals surface area (Å²) in [6.07, 6.45) is 0.807. The molecule has 3 N–H and O–H groups in total. The lowest BCUT2D eigenvalue weighted by Gasteiger charge is -2.34. The summed E-state index contributed by atoms with van der Waals surface area (Å²) in [6.45, 7) is 4.26. The summed E-state index contributed by atoms with van der Waals surface area (Å²) in [5.74, 6) is -0.610. The SMILES string of the molecule is CC1(C)C2=C(C(=O)c3ccc(C(=O)NCCCS(N)(=O)=O)cc31)c1ccc(C#N)cc1C2. The van der Waals surface area contributed by atoms with E-state index in [1.54, 1.807) is 24.3 Å². The predicted octanol–water partition coefficient (Wildman–Crippen LogP) is 2.45. The third-order valence-corrected chi connectivity index (χ3v) is 7.10. The molecule has 0 unspecified atom stereocenters. The van der Waals surface area contributed by atoms with Crippen molar-refractivity contribution in [2.45, 2.75) is 32.1 Å². The Bertz CT molecular complexity index is 1350. The Morgan fingerprint density at radius 2 is 1.91 bits per heavy atom. The van der Waals surface area contributed by atoms with E-state index in [1.807, 2.05) is 26.0 Å². The normalized spacial score (nSPS) is 16.1. The summed E-state index contributed by atoms with van der Waals surface area (Å²) in [5, 5.41) is 16.9. The number of hydrogen-bond donors (Lipinski definition) is 2. The number of Topliss-reactive ketones (excluding diaryl/α,β-unsaturated/α-hetero) is 1. The molecule has 0 fully saturated rings. The average molecular weight is 450 g/mol. The number of nitriles is 1. The van der Waals surface area contributed by atoms with Gasteiger partial charge in [0.05, 0.1) is 17.4 Å². The topological polar surface area (TPSA) is 130 Å². The molecule has 7 nitrogen and oxygen atoms in total. The van der Waals surface area contributed by atoms with E-state index in [0.29, 0.717) is 28.7 Å². The molecule has 0 saturated heterocycles. The van der Waals surface area contributed by atoms with Crippen molar-refractivity contribution in [2.24, 2.45) is 5.14 Å². The molecule has 0 heterocycles. The van der Waals surface area contributed by atoms with Crippen LogP contribution in [0.5, 0.6) is 0 Å². The summed E-state index contributed by atoms with van der Waals surface area (Å²) >= 11 is 0. The van der Waals surface area contributed by atoms with Gasteiger partial charge in [-0.2, -0.15) is 5.26 Å². The van der Waals surface area contributed by atoms with Crippen molar-refractivity contribution in [1.82, 2.24) is 5.32 Å². The molecule has 164 valence electrons. The Morgan fingerprint density at radius 1 is 1.19 bits per heavy atom. The van der Waals surface area contributed by atoms with Crippen LogP contribution in [0.3, 0.4) is 0 Å². The maximum atomic E-state index is 13.4. The number of benzene rings is 2. The molecular weight excluding hydrogens is 426 g/mol. The number of fused-ring (bicyclic) bond motifs is 3. The number of rotatable bonds is 5. The number of allylic oxidation sites excluding steroid dienone is 2. The molecule has 2 aliphatic rings. The van der Waals surface area contributed by atoms with E-state index < -0.39 is 15.4 Å². The summed E-state index contributed by atoms with van der Waals surface area (Å²) in [5.41, 5.74) is 5.38. The Hall–Kier alpha value is -3.28. The fourth-order valence-corrected chi connectivity index (χ4v) is 5.11. The number of ketones is 1. The number of nitrogens with two attached hydrogens (primary N) is 1. The smallest absolute Gasteiger partial charge is 0.251 e. The van der Waals surface area contributed by atoms with Gasteiger partial charge in [0.15, 0.2) is 5.78 Å². The first kappa shape index (κ1) is 21.9. The number of sulfonamides is 1. The second-order valence-corrected chi connectivity index (χ2v) is 10.4. The molecule has 0 radical (unpaired) electrons. The number of hydrogen-bond acceptors (Lipinski definition) is 5. The van der Waals surface area contributed by atoms with Crippen LogP contribution in [-0.4, -0.2) is 32.4 Å². The number of carbonyl (C=O) groups is 2. The number of amides is 1. The van der Waals surface area contributed by atoms with Crippen molar-refractivity contribution in [3.8, 4) is 6.07 Å². The molecule has 0 saturated carbocycles. The van der Waals surface area contributed by atoms with Gasteiger partial charge in [-0.25, -0.2) is 13.6 Å². The first-order chi connectivity index (χ1) is 15.0. The van der Waals surface area contributed by atoms with Crippen LogP contribution < -0.4 is 10.5 Å². The largest absolute Gasteiger partial charge is 0.352 e. The Balaban J connectivity index is 1.63. The third kappa shape index (κ3) is 3.74. The lowest BCUT2D eigenvalue weighted by molar-refractivity contribution is 0.0952. The third-order valence-electron chi connectivity index (χ3n) is 6.25. The average Bonchev–Trinajstić information content (AvgIpc) is 3.14. The summed E-state index contributed by atoms with van der Waals surface area (Å²) < 4.78 is 22.1. The minimum Gasteiger partial charge on any atom is -0.352 e. The van der Waals surface area contributed by atoms with E-state index in [2.05, 4.69) is 11.4 Å². The second kappa shape index (κ2) is 7.69. The van der Waals surface area contributed by atoms with Gasteiger partial charge < -0.3 is 5.32 Å². The number of nitrogens with zero attached hydrogens (tertiary/aromatic N) is 1. The van der Waals surface area contributed by atoms with Crippen molar-refractivity contribution in [1.29, 1.82) is 5.26 Å². The monoisotopic (exact) mass is 449 g/mol. The zero-order valence-electron chi connectivity index (χ0n) is 17.9. The fraction of sp³-hybridized carbons (Fsp3) is 0.292. The number of nitrogens with one attached hydrogen (secondary N) is 1. The van der Waals surface area contributed by atoms with Crippen LogP contribution in [0.1, 0.15) is 63.2 Å². The summed E-state index contributed by atoms with van der Waals surface area (Å²) in [4.78, 5) is 26.0. The quantitative estimate of drug-likeness (QED) is 0.677. The van der Waals surface area contributed by atoms with Crippen molar-refractivity contribution in [2.75, 3.05) is 12.3 Å². The highest BCUT2D eigenvalue weighted by atomic mass is 32.2. The van der Waals surface area contributed by atoms with Gasteiger partial charge in [-0.15, -0.1) is 0 Å². The van der Waals surface area contributed by atoms with Crippen LogP contribution in [0.2, 0.25) is 0 Å². The Kier molecular flexibility index (Phi) is 5.27. The molecule has 2 aromatic rings. The predicted molar refractivity (Wildman–Crippen MR) is 121 cm³/mol. The van der Waals surface area contributed by atoms with E-state index in [4.69, 9.17) is 5.14 Å². The van der Waals surface area contributed by atoms with Gasteiger partial charge in [0, 0.05) is 28.7 Å².